The van der Waals surface area contributed by atoms with Crippen LogP contribution >= 0.6 is 0 Å². The summed E-state index contributed by atoms with van der Waals surface area (Å²) < 4.78 is 26.5. The zero-order chi connectivity index (χ0) is 22.8. The van der Waals surface area contributed by atoms with E-state index in [2.05, 4.69) is 9.97 Å². The van der Waals surface area contributed by atoms with Crippen molar-refractivity contribution in [3.05, 3.63) is 77.6 Å². The maximum absolute atomic E-state index is 13.2. The van der Waals surface area contributed by atoms with E-state index in [4.69, 9.17) is 9.47 Å². The molecule has 0 saturated carbocycles. The highest BCUT2D eigenvalue weighted by Gasteiger charge is 2.33. The molecular weight excluding hydrogens is 411 g/mol. The Morgan fingerprint density at radius 3 is 2.75 bits per heavy atom. The van der Waals surface area contributed by atoms with Crippen LogP contribution in [-0.2, 0) is 9.53 Å². The van der Waals surface area contributed by atoms with E-state index in [1.807, 2.05) is 49.7 Å². The van der Waals surface area contributed by atoms with Crippen molar-refractivity contribution in [1.82, 2.24) is 19.4 Å². The van der Waals surface area contributed by atoms with E-state index in [9.17, 15) is 9.18 Å². The second kappa shape index (κ2) is 8.82. The highest BCUT2D eigenvalue weighted by atomic mass is 19.1. The molecule has 1 fully saturated rings. The smallest absolute Gasteiger partial charge is 0.289 e. The monoisotopic (exact) mass is 436 g/mol. The number of aryl methyl sites for hydroxylation is 1. The van der Waals surface area contributed by atoms with E-state index in [0.29, 0.717) is 12.3 Å². The Morgan fingerprint density at radius 1 is 1.28 bits per heavy atom. The lowest BCUT2D eigenvalue weighted by molar-refractivity contribution is -0.141. The summed E-state index contributed by atoms with van der Waals surface area (Å²) in [6.45, 7) is 6.15. The van der Waals surface area contributed by atoms with E-state index >= 15 is 0 Å². The van der Waals surface area contributed by atoms with Crippen molar-refractivity contribution < 1.29 is 18.7 Å². The number of nitrogens with zero attached hydrogens (tertiary/aromatic N) is 4. The van der Waals surface area contributed by atoms with Crippen molar-refractivity contribution in [3.8, 4) is 11.4 Å². The molecule has 0 aliphatic carbocycles. The summed E-state index contributed by atoms with van der Waals surface area (Å²) in [5, 5.41) is 0. The minimum atomic E-state index is -0.550. The number of imidazole rings is 1. The summed E-state index contributed by atoms with van der Waals surface area (Å²) in [7, 11) is 1.60. The second-order valence-electron chi connectivity index (χ2n) is 7.84. The van der Waals surface area contributed by atoms with E-state index in [1.165, 1.54) is 12.3 Å². The van der Waals surface area contributed by atoms with Crippen LogP contribution in [0.1, 0.15) is 36.7 Å². The predicted octanol–water partition coefficient (Wildman–Crippen LogP) is 4.07. The van der Waals surface area contributed by atoms with Crippen molar-refractivity contribution in [2.24, 2.45) is 0 Å². The average Bonchev–Trinajstić information content (AvgIpc) is 3.22. The fourth-order valence-corrected chi connectivity index (χ4v) is 3.75. The van der Waals surface area contributed by atoms with Gasteiger partial charge in [0.2, 0.25) is 5.95 Å². The van der Waals surface area contributed by atoms with Crippen molar-refractivity contribution >= 4 is 12.0 Å². The lowest BCUT2D eigenvalue weighted by Crippen LogP contribution is -2.45. The largest absolute Gasteiger partial charge is 0.495 e. The highest BCUT2D eigenvalue weighted by molar-refractivity contribution is 5.96. The third-order valence-electron chi connectivity index (χ3n) is 5.45. The van der Waals surface area contributed by atoms with Gasteiger partial charge in [0.15, 0.2) is 5.76 Å². The number of pyridine rings is 1. The Hall–Kier alpha value is -3.68. The fraction of sp³-hybridized carbons (Fsp3) is 0.292. The van der Waals surface area contributed by atoms with Gasteiger partial charge in [0.25, 0.3) is 5.91 Å². The molecule has 32 heavy (non-hydrogen) atoms. The number of aromatic nitrogens is 3. The summed E-state index contributed by atoms with van der Waals surface area (Å²) >= 11 is 0. The molecule has 0 spiro atoms. The maximum atomic E-state index is 13.2. The van der Waals surface area contributed by atoms with Crippen LogP contribution in [0.25, 0.3) is 11.8 Å². The molecule has 8 heteroatoms. The first-order valence-corrected chi connectivity index (χ1v) is 10.4. The van der Waals surface area contributed by atoms with E-state index in [0.717, 1.165) is 22.5 Å². The highest BCUT2D eigenvalue weighted by Crippen LogP contribution is 2.30. The number of carbonyl (C=O) groups excluding carboxylic acids is 1. The first-order chi connectivity index (χ1) is 15.4. The Kier molecular flexibility index (Phi) is 5.94. The third-order valence-corrected chi connectivity index (χ3v) is 5.45. The molecule has 166 valence electrons. The lowest BCUT2D eigenvalue weighted by Gasteiger charge is -2.37. The Morgan fingerprint density at radius 2 is 2.09 bits per heavy atom. The van der Waals surface area contributed by atoms with Crippen molar-refractivity contribution in [2.45, 2.75) is 32.9 Å². The van der Waals surface area contributed by atoms with Gasteiger partial charge < -0.3 is 18.9 Å². The molecule has 2 atom stereocenters. The van der Waals surface area contributed by atoms with Crippen LogP contribution in [0.2, 0.25) is 0 Å². The van der Waals surface area contributed by atoms with E-state index in [1.54, 1.807) is 30.5 Å². The molecule has 0 bridgehead atoms. The van der Waals surface area contributed by atoms with Crippen molar-refractivity contribution in [2.75, 3.05) is 13.7 Å². The summed E-state index contributed by atoms with van der Waals surface area (Å²) in [5.41, 5.74) is 3.28. The number of carbonyl (C=O) groups is 1. The van der Waals surface area contributed by atoms with Gasteiger partial charge in [-0.1, -0.05) is 12.1 Å². The van der Waals surface area contributed by atoms with Crippen molar-refractivity contribution in [1.29, 1.82) is 0 Å². The molecule has 1 saturated heterocycles. The van der Waals surface area contributed by atoms with Gasteiger partial charge in [-0.05, 0) is 56.2 Å². The topological polar surface area (TPSA) is 69.5 Å². The summed E-state index contributed by atoms with van der Waals surface area (Å²) in [4.78, 5) is 22.9. The first kappa shape index (κ1) is 21.5. The number of ether oxygens (including phenoxy) is 2. The van der Waals surface area contributed by atoms with Crippen molar-refractivity contribution in [3.63, 3.8) is 0 Å². The SMILES string of the molecule is COc1cc(C=C2OC(C)CN([C@H](C)c3ccc(F)nc3)C2=O)ccc1-n1cnc(C)c1. The Bertz CT molecular complexity index is 1160. The number of halogens is 1. The predicted molar refractivity (Wildman–Crippen MR) is 118 cm³/mol. The molecule has 7 nitrogen and oxygen atoms in total. The van der Waals surface area contributed by atoms with Crippen LogP contribution in [0.3, 0.4) is 0 Å². The van der Waals surface area contributed by atoms with Gasteiger partial charge in [-0.15, -0.1) is 0 Å². The number of hydrogen-bond acceptors (Lipinski definition) is 5. The molecule has 2 aromatic heterocycles. The van der Waals surface area contributed by atoms with E-state index in [-0.39, 0.29) is 23.8 Å². The average molecular weight is 436 g/mol. The van der Waals surface area contributed by atoms with Crippen LogP contribution in [0.15, 0.2) is 54.8 Å². The van der Waals surface area contributed by atoms with E-state index < -0.39 is 5.95 Å². The summed E-state index contributed by atoms with van der Waals surface area (Å²) in [6, 6.07) is 8.33. The first-order valence-electron chi connectivity index (χ1n) is 10.4. The van der Waals surface area contributed by atoms with Crippen LogP contribution in [-0.4, -0.2) is 45.1 Å². The van der Waals surface area contributed by atoms with Gasteiger partial charge in [-0.2, -0.15) is 4.39 Å². The molecule has 3 heterocycles. The molecule has 3 aromatic rings. The third kappa shape index (κ3) is 4.34. The van der Waals surface area contributed by atoms with Crippen LogP contribution < -0.4 is 4.74 Å². The zero-order valence-electron chi connectivity index (χ0n) is 18.4. The van der Waals surface area contributed by atoms with Gasteiger partial charge in [0.05, 0.1) is 37.4 Å². The lowest BCUT2D eigenvalue weighted by atomic mass is 10.1. The summed E-state index contributed by atoms with van der Waals surface area (Å²) in [5.74, 6) is 0.120. The molecule has 1 aromatic carbocycles. The van der Waals surface area contributed by atoms with Gasteiger partial charge in [-0.25, -0.2) is 9.97 Å². The number of morpholine rings is 1. The molecule has 1 unspecified atom stereocenters. The van der Waals surface area contributed by atoms with Gasteiger partial charge in [0.1, 0.15) is 11.9 Å². The summed E-state index contributed by atoms with van der Waals surface area (Å²) in [6.07, 6.45) is 6.62. The standard InChI is InChI=1S/C24H25FN4O3/c1-15-12-28(14-27-15)20-7-5-18(9-21(20)31-4)10-22-24(30)29(13-16(2)32-22)17(3)19-6-8-23(25)26-11-19/h5-12,14,16-17H,13H2,1-4H3/t16?,17-/m1/s1. The Labute approximate surface area is 186 Å². The van der Waals surface area contributed by atoms with Crippen LogP contribution in [0, 0.1) is 12.9 Å². The second-order valence-corrected chi connectivity index (χ2v) is 7.84. The van der Waals surface area contributed by atoms with Gasteiger partial charge in [0, 0.05) is 12.4 Å². The maximum Gasteiger partial charge on any atom is 0.289 e. The normalized spacial score (nSPS) is 18.5. The molecule has 0 radical (unpaired) electrons. The van der Waals surface area contributed by atoms with Gasteiger partial charge in [-0.3, -0.25) is 4.79 Å². The molecular formula is C24H25FN4O3. The quantitative estimate of drug-likeness (QED) is 0.445. The minimum Gasteiger partial charge on any atom is -0.495 e. The number of methoxy groups -OCH3 is 1. The molecule has 4 rings (SSSR count). The number of hydrogen-bond donors (Lipinski definition) is 0. The molecule has 0 N–H and O–H groups in total. The molecule has 1 aliphatic heterocycles. The van der Waals surface area contributed by atoms with Crippen LogP contribution in [0.4, 0.5) is 4.39 Å². The van der Waals surface area contributed by atoms with Crippen LogP contribution in [0.5, 0.6) is 5.75 Å². The minimum absolute atomic E-state index is 0.190. The molecule has 1 amide bonds. The fourth-order valence-electron chi connectivity index (χ4n) is 3.75. The zero-order valence-corrected chi connectivity index (χ0v) is 18.4. The van der Waals surface area contributed by atoms with Gasteiger partial charge >= 0.3 is 0 Å². The number of amides is 1. The number of rotatable bonds is 5. The molecule has 1 aliphatic rings. The Balaban J connectivity index is 1.62. The number of benzene rings is 1.